The summed E-state index contributed by atoms with van der Waals surface area (Å²) in [6.45, 7) is 4.41. The largest absolute Gasteiger partial charge is 0.299 e. The number of Topliss-reactive ketones (excluding diaryl/α,β-unsaturated/α-hetero) is 1. The molecule has 2 rings (SSSR count). The quantitative estimate of drug-likeness (QED) is 0.503. The van der Waals surface area contributed by atoms with Crippen molar-refractivity contribution in [3.05, 3.63) is 11.6 Å². The van der Waals surface area contributed by atoms with E-state index in [2.05, 4.69) is 19.9 Å². The lowest BCUT2D eigenvalue weighted by molar-refractivity contribution is -0.124. The van der Waals surface area contributed by atoms with Crippen LogP contribution in [0.2, 0.25) is 0 Å². The van der Waals surface area contributed by atoms with Crippen LogP contribution in [0, 0.1) is 17.8 Å². The zero-order valence-electron chi connectivity index (χ0n) is 7.84. The molecule has 3 atom stereocenters. The van der Waals surface area contributed by atoms with Gasteiger partial charge in [-0.3, -0.25) is 4.79 Å². The summed E-state index contributed by atoms with van der Waals surface area (Å²) in [6.07, 6.45) is 5.30. The molecule has 0 aliphatic heterocycles. The molecule has 66 valence electrons. The number of rotatable bonds is 0. The van der Waals surface area contributed by atoms with Gasteiger partial charge in [0.05, 0.1) is 0 Å². The molecular weight excluding hydrogens is 148 g/mol. The van der Waals surface area contributed by atoms with Crippen LogP contribution in [-0.4, -0.2) is 5.78 Å². The van der Waals surface area contributed by atoms with E-state index in [1.54, 1.807) is 0 Å². The molecule has 0 saturated heterocycles. The van der Waals surface area contributed by atoms with E-state index in [-0.39, 0.29) is 0 Å². The molecular formula is C11H16O. The van der Waals surface area contributed by atoms with E-state index in [1.807, 2.05) is 0 Å². The van der Waals surface area contributed by atoms with Crippen molar-refractivity contribution in [2.24, 2.45) is 17.8 Å². The van der Waals surface area contributed by atoms with Crippen molar-refractivity contribution < 1.29 is 4.79 Å². The third kappa shape index (κ3) is 1.03. The maximum Gasteiger partial charge on any atom is 0.140 e. The second-order valence-electron chi connectivity index (χ2n) is 4.31. The molecule has 0 aromatic heterocycles. The molecule has 0 aromatic carbocycles. The van der Waals surface area contributed by atoms with E-state index < -0.39 is 0 Å². The molecule has 12 heavy (non-hydrogen) atoms. The number of carbonyl (C=O) groups excluding carboxylic acids is 1. The highest BCUT2D eigenvalue weighted by molar-refractivity contribution is 5.85. The summed E-state index contributed by atoms with van der Waals surface area (Å²) in [7, 11) is 0. The van der Waals surface area contributed by atoms with Gasteiger partial charge in [-0.2, -0.15) is 0 Å². The molecule has 1 heteroatoms. The van der Waals surface area contributed by atoms with Crippen LogP contribution in [0.15, 0.2) is 11.6 Å². The third-order valence-electron chi connectivity index (χ3n) is 3.56. The van der Waals surface area contributed by atoms with Crippen molar-refractivity contribution in [3.63, 3.8) is 0 Å². The molecule has 0 bridgehead atoms. The van der Waals surface area contributed by atoms with E-state index in [4.69, 9.17) is 0 Å². The molecule has 0 aromatic rings. The minimum absolute atomic E-state index is 0.370. The standard InChI is InChI=1S/C11H16O/c1-7-4-6-10(12)11-8(2)3-5-9(7)11/h4,8-9,11H,3,5-6H2,1-2H3/t8-,9+,11+/m0/s1. The van der Waals surface area contributed by atoms with Crippen LogP contribution in [0.5, 0.6) is 0 Å². The van der Waals surface area contributed by atoms with Crippen LogP contribution in [0.4, 0.5) is 0 Å². The molecule has 1 saturated carbocycles. The number of ketones is 1. The summed E-state index contributed by atoms with van der Waals surface area (Å²) in [5, 5.41) is 0. The summed E-state index contributed by atoms with van der Waals surface area (Å²) in [5.41, 5.74) is 1.46. The minimum Gasteiger partial charge on any atom is -0.299 e. The Hall–Kier alpha value is -0.590. The highest BCUT2D eigenvalue weighted by atomic mass is 16.1. The lowest BCUT2D eigenvalue weighted by Crippen LogP contribution is -2.27. The summed E-state index contributed by atoms with van der Waals surface area (Å²) in [4.78, 5) is 11.6. The topological polar surface area (TPSA) is 17.1 Å². The minimum atomic E-state index is 0.370. The molecule has 0 unspecified atom stereocenters. The monoisotopic (exact) mass is 164 g/mol. The average molecular weight is 164 g/mol. The highest BCUT2D eigenvalue weighted by Gasteiger charge is 2.40. The summed E-state index contributed by atoms with van der Waals surface area (Å²) < 4.78 is 0. The first-order valence-corrected chi connectivity index (χ1v) is 4.89. The lowest BCUT2D eigenvalue weighted by Gasteiger charge is -2.25. The fraction of sp³-hybridized carbons (Fsp3) is 0.727. The van der Waals surface area contributed by atoms with Gasteiger partial charge < -0.3 is 0 Å². The lowest BCUT2D eigenvalue weighted by atomic mass is 9.77. The zero-order valence-corrected chi connectivity index (χ0v) is 7.84. The molecule has 0 radical (unpaired) electrons. The molecule has 1 fully saturated rings. The van der Waals surface area contributed by atoms with Crippen molar-refractivity contribution >= 4 is 5.78 Å². The van der Waals surface area contributed by atoms with Gasteiger partial charge in [-0.15, -0.1) is 0 Å². The van der Waals surface area contributed by atoms with Gasteiger partial charge in [0, 0.05) is 12.3 Å². The van der Waals surface area contributed by atoms with Gasteiger partial charge in [0.25, 0.3) is 0 Å². The smallest absolute Gasteiger partial charge is 0.140 e. The number of fused-ring (bicyclic) bond motifs is 1. The third-order valence-corrected chi connectivity index (χ3v) is 3.56. The summed E-state index contributed by atoms with van der Waals surface area (Å²) >= 11 is 0. The van der Waals surface area contributed by atoms with Crippen molar-refractivity contribution in [1.82, 2.24) is 0 Å². The van der Waals surface area contributed by atoms with Crippen molar-refractivity contribution in [3.8, 4) is 0 Å². The molecule has 0 spiro atoms. The highest BCUT2D eigenvalue weighted by Crippen LogP contribution is 2.44. The Bertz CT molecular complexity index is 239. The van der Waals surface area contributed by atoms with E-state index in [1.165, 1.54) is 18.4 Å². The van der Waals surface area contributed by atoms with E-state index >= 15 is 0 Å². The van der Waals surface area contributed by atoms with Crippen LogP contribution in [0.25, 0.3) is 0 Å². The van der Waals surface area contributed by atoms with Gasteiger partial charge in [0.2, 0.25) is 0 Å². The van der Waals surface area contributed by atoms with Crippen molar-refractivity contribution in [2.75, 3.05) is 0 Å². The van der Waals surface area contributed by atoms with Gasteiger partial charge in [0.1, 0.15) is 5.78 Å². The van der Waals surface area contributed by atoms with Crippen molar-refractivity contribution in [1.29, 1.82) is 0 Å². The predicted molar refractivity (Wildman–Crippen MR) is 48.8 cm³/mol. The zero-order chi connectivity index (χ0) is 8.72. The number of allylic oxidation sites excluding steroid dienone is 2. The van der Waals surface area contributed by atoms with Crippen molar-refractivity contribution in [2.45, 2.75) is 33.1 Å². The Kier molecular flexibility index (Phi) is 1.82. The fourth-order valence-corrected chi connectivity index (χ4v) is 2.80. The SMILES string of the molecule is CC1=CCC(=O)[C@H]2[C@@H]1CC[C@@H]2C. The van der Waals surface area contributed by atoms with E-state index in [0.29, 0.717) is 30.0 Å². The average Bonchev–Trinajstić information content (AvgIpc) is 2.42. The molecule has 2 aliphatic rings. The molecule has 0 amide bonds. The molecule has 0 heterocycles. The maximum absolute atomic E-state index is 11.6. The Morgan fingerprint density at radius 2 is 2.17 bits per heavy atom. The molecule has 0 N–H and O–H groups in total. The van der Waals surface area contributed by atoms with Crippen LogP contribution < -0.4 is 0 Å². The van der Waals surface area contributed by atoms with Crippen LogP contribution >= 0.6 is 0 Å². The van der Waals surface area contributed by atoms with E-state index in [9.17, 15) is 4.79 Å². The second-order valence-corrected chi connectivity index (χ2v) is 4.31. The van der Waals surface area contributed by atoms with Gasteiger partial charge in [0.15, 0.2) is 0 Å². The van der Waals surface area contributed by atoms with Gasteiger partial charge in [-0.25, -0.2) is 0 Å². The Labute approximate surface area is 73.8 Å². The van der Waals surface area contributed by atoms with Crippen LogP contribution in [-0.2, 0) is 4.79 Å². The molecule has 1 nitrogen and oxygen atoms in total. The second kappa shape index (κ2) is 2.72. The summed E-state index contributed by atoms with van der Waals surface area (Å²) in [5.74, 6) is 2.08. The van der Waals surface area contributed by atoms with Gasteiger partial charge in [-0.1, -0.05) is 18.6 Å². The molecule has 2 aliphatic carbocycles. The fourth-order valence-electron chi connectivity index (χ4n) is 2.80. The van der Waals surface area contributed by atoms with E-state index in [0.717, 1.165) is 0 Å². The van der Waals surface area contributed by atoms with Gasteiger partial charge >= 0.3 is 0 Å². The predicted octanol–water partition coefficient (Wildman–Crippen LogP) is 2.57. The number of hydrogen-bond acceptors (Lipinski definition) is 1. The number of hydrogen-bond donors (Lipinski definition) is 0. The Morgan fingerprint density at radius 3 is 2.83 bits per heavy atom. The Balaban J connectivity index is 2.29. The maximum atomic E-state index is 11.6. The normalized spacial score (nSPS) is 41.0. The Morgan fingerprint density at radius 1 is 1.42 bits per heavy atom. The number of carbonyl (C=O) groups is 1. The summed E-state index contributed by atoms with van der Waals surface area (Å²) in [6, 6.07) is 0. The van der Waals surface area contributed by atoms with Gasteiger partial charge in [-0.05, 0) is 31.6 Å². The van der Waals surface area contributed by atoms with Crippen LogP contribution in [0.3, 0.4) is 0 Å². The van der Waals surface area contributed by atoms with Crippen LogP contribution in [0.1, 0.15) is 33.1 Å². The first-order valence-electron chi connectivity index (χ1n) is 4.89. The first-order chi connectivity index (χ1) is 5.70. The first kappa shape index (κ1) is 8.03.